The Morgan fingerprint density at radius 3 is 2.58 bits per heavy atom. The standard InChI is InChI=1S/C16H18ClN5O3S/c17-13-6-8-15(9-7-13)26(23,24)18-10-11-22-20-16(19-21-22)12-25-14-4-2-1-3-5-14/h1-9,18,21H,10-12H2,(H,19,20). The van der Waals surface area contributed by atoms with Gasteiger partial charge in [-0.1, -0.05) is 29.8 Å². The first-order chi connectivity index (χ1) is 12.5. The third-order valence-electron chi connectivity index (χ3n) is 3.43. The van der Waals surface area contributed by atoms with Crippen molar-refractivity contribution >= 4 is 27.5 Å². The van der Waals surface area contributed by atoms with E-state index in [4.69, 9.17) is 16.3 Å². The van der Waals surface area contributed by atoms with Gasteiger partial charge in [0, 0.05) is 11.6 Å². The quantitative estimate of drug-likeness (QED) is 0.624. The average Bonchev–Trinajstić information content (AvgIpc) is 3.09. The van der Waals surface area contributed by atoms with E-state index >= 15 is 0 Å². The average molecular weight is 396 g/mol. The normalized spacial score (nSPS) is 14.0. The fourth-order valence-electron chi connectivity index (χ4n) is 2.15. The molecule has 0 aromatic heterocycles. The van der Waals surface area contributed by atoms with E-state index in [-0.39, 0.29) is 18.0 Å². The monoisotopic (exact) mass is 395 g/mol. The molecular formula is C16H18ClN5O3S. The predicted molar refractivity (Wildman–Crippen MR) is 99.0 cm³/mol. The summed E-state index contributed by atoms with van der Waals surface area (Å²) in [5.41, 5.74) is 5.70. The molecule has 1 aliphatic rings. The van der Waals surface area contributed by atoms with Crippen molar-refractivity contribution in [2.24, 2.45) is 5.10 Å². The van der Waals surface area contributed by atoms with E-state index in [0.29, 0.717) is 17.4 Å². The topological polar surface area (TPSA) is 95.1 Å². The number of nitrogens with zero attached hydrogens (tertiary/aromatic N) is 2. The molecule has 3 N–H and O–H groups in total. The van der Waals surface area contributed by atoms with Crippen LogP contribution in [0.2, 0.25) is 5.02 Å². The molecule has 138 valence electrons. The Morgan fingerprint density at radius 1 is 1.12 bits per heavy atom. The molecule has 0 saturated carbocycles. The highest BCUT2D eigenvalue weighted by atomic mass is 35.5. The van der Waals surface area contributed by atoms with Crippen LogP contribution in [0.4, 0.5) is 0 Å². The number of benzene rings is 2. The Kier molecular flexibility index (Phi) is 5.94. The minimum atomic E-state index is -3.59. The van der Waals surface area contributed by atoms with Crippen LogP contribution in [0.25, 0.3) is 0 Å². The maximum absolute atomic E-state index is 12.2. The maximum Gasteiger partial charge on any atom is 0.240 e. The number of hydrogen-bond acceptors (Lipinski definition) is 7. The van der Waals surface area contributed by atoms with E-state index in [9.17, 15) is 8.42 Å². The fraction of sp³-hybridized carbons (Fsp3) is 0.188. The third-order valence-corrected chi connectivity index (χ3v) is 5.16. The smallest absolute Gasteiger partial charge is 0.240 e. The zero-order valence-corrected chi connectivity index (χ0v) is 15.3. The second-order valence-corrected chi connectivity index (χ2v) is 7.56. The number of rotatable bonds is 8. The van der Waals surface area contributed by atoms with Gasteiger partial charge in [-0.3, -0.25) is 5.43 Å². The van der Waals surface area contributed by atoms with Gasteiger partial charge in [0.15, 0.2) is 5.84 Å². The van der Waals surface area contributed by atoms with Gasteiger partial charge < -0.3 is 4.74 Å². The van der Waals surface area contributed by atoms with Crippen LogP contribution in [-0.2, 0) is 10.0 Å². The largest absolute Gasteiger partial charge is 0.486 e. The molecule has 26 heavy (non-hydrogen) atoms. The molecule has 0 radical (unpaired) electrons. The summed E-state index contributed by atoms with van der Waals surface area (Å²) in [5.74, 6) is 1.33. The summed E-state index contributed by atoms with van der Waals surface area (Å²) in [4.78, 5) is 0.162. The van der Waals surface area contributed by atoms with Gasteiger partial charge in [-0.05, 0) is 36.4 Å². The molecule has 0 atom stereocenters. The van der Waals surface area contributed by atoms with Gasteiger partial charge >= 0.3 is 0 Å². The molecule has 0 bridgehead atoms. The Bertz CT molecular complexity index is 859. The molecular weight excluding hydrogens is 378 g/mol. The summed E-state index contributed by atoms with van der Waals surface area (Å²) in [7, 11) is -3.59. The first-order valence-electron chi connectivity index (χ1n) is 7.83. The number of hydrazone groups is 1. The Balaban J connectivity index is 1.45. The van der Waals surface area contributed by atoms with Crippen molar-refractivity contribution < 1.29 is 13.2 Å². The van der Waals surface area contributed by atoms with E-state index in [1.807, 2.05) is 30.3 Å². The van der Waals surface area contributed by atoms with Crippen LogP contribution in [0.15, 0.2) is 64.6 Å². The third kappa shape index (κ3) is 5.09. The second-order valence-electron chi connectivity index (χ2n) is 5.36. The lowest BCUT2D eigenvalue weighted by molar-refractivity contribution is 0.210. The van der Waals surface area contributed by atoms with E-state index in [0.717, 1.165) is 5.75 Å². The lowest BCUT2D eigenvalue weighted by Crippen LogP contribution is -2.42. The highest BCUT2D eigenvalue weighted by Crippen LogP contribution is 2.13. The SMILES string of the molecule is O=S(=O)(NCCN1N=C(COc2ccccc2)NN1)c1ccc(Cl)cc1. The summed E-state index contributed by atoms with van der Waals surface area (Å²) < 4.78 is 32.4. The molecule has 10 heteroatoms. The van der Waals surface area contributed by atoms with E-state index in [1.165, 1.54) is 29.4 Å². The van der Waals surface area contributed by atoms with Gasteiger partial charge in [-0.15, -0.1) is 10.6 Å². The number of hydrogen-bond donors (Lipinski definition) is 3. The van der Waals surface area contributed by atoms with Gasteiger partial charge in [0.2, 0.25) is 10.0 Å². The Morgan fingerprint density at radius 2 is 1.85 bits per heavy atom. The fourth-order valence-corrected chi connectivity index (χ4v) is 3.29. The lowest BCUT2D eigenvalue weighted by atomic mass is 10.3. The number of sulfonamides is 1. The summed E-state index contributed by atoms with van der Waals surface area (Å²) in [5, 5.41) is 6.23. The van der Waals surface area contributed by atoms with Gasteiger partial charge in [0.25, 0.3) is 0 Å². The van der Waals surface area contributed by atoms with Crippen LogP contribution < -0.4 is 20.4 Å². The summed E-state index contributed by atoms with van der Waals surface area (Å²) in [6.07, 6.45) is 0. The maximum atomic E-state index is 12.2. The van der Waals surface area contributed by atoms with Crippen molar-refractivity contribution in [3.63, 3.8) is 0 Å². The summed E-state index contributed by atoms with van der Waals surface area (Å²) in [6, 6.07) is 15.4. The van der Waals surface area contributed by atoms with Gasteiger partial charge in [0.05, 0.1) is 11.4 Å². The zero-order chi connectivity index (χ0) is 18.4. The van der Waals surface area contributed by atoms with Crippen molar-refractivity contribution in [2.75, 3.05) is 19.7 Å². The molecule has 0 fully saturated rings. The first-order valence-corrected chi connectivity index (χ1v) is 9.69. The van der Waals surface area contributed by atoms with Crippen LogP contribution in [0.3, 0.4) is 0 Å². The van der Waals surface area contributed by atoms with E-state index in [1.54, 1.807) is 0 Å². The van der Waals surface area contributed by atoms with Crippen LogP contribution in [0, 0.1) is 0 Å². The summed E-state index contributed by atoms with van der Waals surface area (Å²) >= 11 is 5.77. The van der Waals surface area contributed by atoms with Crippen LogP contribution in [0.1, 0.15) is 0 Å². The number of amidine groups is 1. The van der Waals surface area contributed by atoms with Gasteiger partial charge in [0.1, 0.15) is 12.4 Å². The molecule has 2 aromatic carbocycles. The lowest BCUT2D eigenvalue weighted by Gasteiger charge is -2.13. The highest BCUT2D eigenvalue weighted by molar-refractivity contribution is 7.89. The van der Waals surface area contributed by atoms with Gasteiger partial charge in [-0.2, -0.15) is 0 Å². The number of ether oxygens (including phenoxy) is 1. The highest BCUT2D eigenvalue weighted by Gasteiger charge is 2.16. The Hall–Kier alpha value is -2.33. The summed E-state index contributed by atoms with van der Waals surface area (Å²) in [6.45, 7) is 0.772. The number of nitrogens with one attached hydrogen (secondary N) is 3. The molecule has 2 aromatic rings. The van der Waals surface area contributed by atoms with Crippen molar-refractivity contribution in [2.45, 2.75) is 4.90 Å². The molecule has 0 spiro atoms. The number of halogens is 1. The molecule has 8 nitrogen and oxygen atoms in total. The molecule has 1 heterocycles. The van der Waals surface area contributed by atoms with Crippen LogP contribution in [-0.4, -0.2) is 39.1 Å². The predicted octanol–water partition coefficient (Wildman–Crippen LogP) is 1.34. The second kappa shape index (κ2) is 8.37. The molecule has 0 saturated heterocycles. The van der Waals surface area contributed by atoms with Crippen molar-refractivity contribution in [1.82, 2.24) is 20.8 Å². The van der Waals surface area contributed by atoms with E-state index in [2.05, 4.69) is 20.8 Å². The molecule has 0 amide bonds. The molecule has 3 rings (SSSR count). The first kappa shape index (κ1) is 18.5. The minimum absolute atomic E-state index is 0.162. The van der Waals surface area contributed by atoms with Gasteiger partial charge in [-0.25, -0.2) is 18.3 Å². The van der Waals surface area contributed by atoms with Crippen LogP contribution in [0.5, 0.6) is 5.75 Å². The Labute approximate surface area is 156 Å². The van der Waals surface area contributed by atoms with Crippen molar-refractivity contribution in [3.8, 4) is 5.75 Å². The molecule has 0 unspecified atom stereocenters. The van der Waals surface area contributed by atoms with E-state index < -0.39 is 10.0 Å². The molecule has 1 aliphatic heterocycles. The minimum Gasteiger partial charge on any atom is -0.486 e. The van der Waals surface area contributed by atoms with Crippen molar-refractivity contribution in [3.05, 3.63) is 59.6 Å². The molecule has 0 aliphatic carbocycles. The van der Waals surface area contributed by atoms with Crippen LogP contribution >= 0.6 is 11.6 Å². The number of hydrazine groups is 2. The number of para-hydroxylation sites is 1. The zero-order valence-electron chi connectivity index (χ0n) is 13.7. The van der Waals surface area contributed by atoms with Crippen molar-refractivity contribution in [1.29, 1.82) is 0 Å².